The predicted octanol–water partition coefficient (Wildman–Crippen LogP) is 2.97. The first-order valence-electron chi connectivity index (χ1n) is 6.38. The summed E-state index contributed by atoms with van der Waals surface area (Å²) < 4.78 is 1.24. The van der Waals surface area contributed by atoms with Crippen LogP contribution in [0.25, 0.3) is 11.6 Å². The number of aryl methyl sites for hydroxylation is 1. The summed E-state index contributed by atoms with van der Waals surface area (Å²) in [5.41, 5.74) is 4.16. The maximum Gasteiger partial charge on any atom is 0.310 e. The molecule has 1 aliphatic heterocycles. The van der Waals surface area contributed by atoms with E-state index in [9.17, 15) is 9.90 Å². The van der Waals surface area contributed by atoms with E-state index in [2.05, 4.69) is 18.0 Å². The lowest BCUT2D eigenvalue weighted by atomic mass is 10.0. The minimum atomic E-state index is -0.174. The monoisotopic (exact) mass is 286 g/mol. The van der Waals surface area contributed by atoms with E-state index in [0.29, 0.717) is 4.88 Å². The van der Waals surface area contributed by atoms with E-state index in [1.54, 1.807) is 13.3 Å². The molecule has 0 saturated carbocycles. The molecule has 1 aromatic heterocycles. The number of hydrogen-bond acceptors (Lipinski definition) is 4. The number of thiazole rings is 1. The van der Waals surface area contributed by atoms with E-state index in [-0.39, 0.29) is 10.8 Å². The van der Waals surface area contributed by atoms with E-state index >= 15 is 0 Å². The highest BCUT2D eigenvalue weighted by molar-refractivity contribution is 7.10. The van der Waals surface area contributed by atoms with E-state index in [0.717, 1.165) is 34.6 Å². The molecule has 0 amide bonds. The average molecular weight is 286 g/mol. The lowest BCUT2D eigenvalue weighted by molar-refractivity contribution is 0.428. The molecule has 2 aromatic rings. The summed E-state index contributed by atoms with van der Waals surface area (Å²) in [6.45, 7) is 2.10. The number of benzene rings is 1. The Bertz CT molecular complexity index is 797. The molecule has 2 heterocycles. The number of aromatic hydroxyl groups is 1. The smallest absolute Gasteiger partial charge is 0.310 e. The third-order valence-electron chi connectivity index (χ3n) is 3.44. The first-order valence-corrected chi connectivity index (χ1v) is 7.20. The Kier molecular flexibility index (Phi) is 3.06. The summed E-state index contributed by atoms with van der Waals surface area (Å²) in [5.74, 6) is 0.000922. The summed E-state index contributed by atoms with van der Waals surface area (Å²) >= 11 is 1.03. The molecule has 4 nitrogen and oxygen atoms in total. The SMILES string of the molecule is CCc1cccc2c1N=CC2=Cc1sc(=O)n(C)c1O. The summed E-state index contributed by atoms with van der Waals surface area (Å²) in [4.78, 5) is 16.4. The van der Waals surface area contributed by atoms with Crippen molar-refractivity contribution in [3.05, 3.63) is 43.9 Å². The summed E-state index contributed by atoms with van der Waals surface area (Å²) in [5, 5.41) is 9.91. The van der Waals surface area contributed by atoms with Crippen molar-refractivity contribution in [2.75, 3.05) is 0 Å². The Balaban J connectivity index is 2.12. The summed E-state index contributed by atoms with van der Waals surface area (Å²) in [7, 11) is 1.56. The minimum Gasteiger partial charge on any atom is -0.493 e. The third-order valence-corrected chi connectivity index (χ3v) is 4.41. The molecule has 0 spiro atoms. The largest absolute Gasteiger partial charge is 0.493 e. The Morgan fingerprint density at radius 2 is 2.25 bits per heavy atom. The highest BCUT2D eigenvalue weighted by Gasteiger charge is 2.17. The van der Waals surface area contributed by atoms with Crippen molar-refractivity contribution < 1.29 is 5.11 Å². The fourth-order valence-corrected chi connectivity index (χ4v) is 3.10. The maximum absolute atomic E-state index is 11.5. The second-order valence-corrected chi connectivity index (χ2v) is 5.63. The van der Waals surface area contributed by atoms with Crippen LogP contribution >= 0.6 is 11.3 Å². The van der Waals surface area contributed by atoms with E-state index < -0.39 is 0 Å². The molecule has 0 bridgehead atoms. The standard InChI is InChI=1S/C15H14N2O2S/c1-3-9-5-4-6-11-10(8-16-13(9)11)7-12-14(18)17(2)15(19)20-12/h4-8,18H,3H2,1-2H3. The molecular weight excluding hydrogens is 272 g/mol. The average Bonchev–Trinajstić information content (AvgIpc) is 2.97. The molecule has 0 saturated heterocycles. The van der Waals surface area contributed by atoms with Gasteiger partial charge >= 0.3 is 4.87 Å². The molecule has 1 aromatic carbocycles. The first kappa shape index (κ1) is 12.9. The highest BCUT2D eigenvalue weighted by Crippen LogP contribution is 2.36. The number of rotatable bonds is 2. The lowest BCUT2D eigenvalue weighted by Crippen LogP contribution is -2.05. The van der Waals surface area contributed by atoms with Crippen molar-refractivity contribution in [2.24, 2.45) is 12.0 Å². The van der Waals surface area contributed by atoms with E-state index in [4.69, 9.17) is 0 Å². The molecule has 0 fully saturated rings. The van der Waals surface area contributed by atoms with Crippen molar-refractivity contribution in [2.45, 2.75) is 13.3 Å². The molecule has 102 valence electrons. The Morgan fingerprint density at radius 1 is 1.45 bits per heavy atom. The van der Waals surface area contributed by atoms with Crippen LogP contribution in [0.3, 0.4) is 0 Å². The van der Waals surface area contributed by atoms with Crippen molar-refractivity contribution in [1.82, 2.24) is 4.57 Å². The number of nitrogens with zero attached hydrogens (tertiary/aromatic N) is 2. The van der Waals surface area contributed by atoms with E-state index in [1.165, 1.54) is 10.1 Å². The van der Waals surface area contributed by atoms with Crippen LogP contribution in [0.15, 0.2) is 28.0 Å². The fourth-order valence-electron chi connectivity index (χ4n) is 2.28. The quantitative estimate of drug-likeness (QED) is 0.922. The number of aromatic nitrogens is 1. The zero-order valence-electron chi connectivity index (χ0n) is 11.3. The van der Waals surface area contributed by atoms with Crippen LogP contribution in [-0.2, 0) is 13.5 Å². The van der Waals surface area contributed by atoms with Gasteiger partial charge in [-0.1, -0.05) is 36.5 Å². The van der Waals surface area contributed by atoms with Crippen molar-refractivity contribution in [1.29, 1.82) is 0 Å². The van der Waals surface area contributed by atoms with Gasteiger partial charge in [0.15, 0.2) is 0 Å². The summed E-state index contributed by atoms with van der Waals surface area (Å²) in [6.07, 6.45) is 4.53. The third kappa shape index (κ3) is 1.91. The molecule has 0 aliphatic carbocycles. The van der Waals surface area contributed by atoms with Gasteiger partial charge in [-0.05, 0) is 18.1 Å². The number of para-hydroxylation sites is 1. The highest BCUT2D eigenvalue weighted by atomic mass is 32.1. The van der Waals surface area contributed by atoms with Crippen LogP contribution in [0.4, 0.5) is 5.69 Å². The zero-order chi connectivity index (χ0) is 14.3. The molecule has 3 rings (SSSR count). The van der Waals surface area contributed by atoms with Gasteiger partial charge in [0.2, 0.25) is 5.88 Å². The zero-order valence-corrected chi connectivity index (χ0v) is 12.1. The van der Waals surface area contributed by atoms with Crippen LogP contribution in [-0.4, -0.2) is 15.9 Å². The molecule has 0 atom stereocenters. The minimum absolute atomic E-state index is 0.000922. The van der Waals surface area contributed by atoms with E-state index in [1.807, 2.05) is 18.2 Å². The van der Waals surface area contributed by atoms with Crippen LogP contribution in [0, 0.1) is 0 Å². The first-order chi connectivity index (χ1) is 9.61. The molecular formula is C15H14N2O2S. The van der Waals surface area contributed by atoms with Gasteiger partial charge in [-0.3, -0.25) is 14.4 Å². The van der Waals surface area contributed by atoms with Crippen LogP contribution in [0.2, 0.25) is 0 Å². The van der Waals surface area contributed by atoms with Gasteiger partial charge in [0, 0.05) is 24.4 Å². The molecule has 1 aliphatic rings. The maximum atomic E-state index is 11.5. The topological polar surface area (TPSA) is 54.6 Å². The normalized spacial score (nSPS) is 15.0. The van der Waals surface area contributed by atoms with Gasteiger partial charge in [-0.25, -0.2) is 0 Å². The lowest BCUT2D eigenvalue weighted by Gasteiger charge is -2.04. The second-order valence-electron chi connectivity index (χ2n) is 4.64. The number of fused-ring (bicyclic) bond motifs is 1. The fraction of sp³-hybridized carbons (Fsp3) is 0.200. The summed E-state index contributed by atoms with van der Waals surface area (Å²) in [6, 6.07) is 6.08. The number of hydrogen-bond donors (Lipinski definition) is 1. The van der Waals surface area contributed by atoms with Gasteiger partial charge < -0.3 is 5.11 Å². The van der Waals surface area contributed by atoms with Gasteiger partial charge in [0.1, 0.15) is 0 Å². The molecule has 20 heavy (non-hydrogen) atoms. The molecule has 0 radical (unpaired) electrons. The predicted molar refractivity (Wildman–Crippen MR) is 83.1 cm³/mol. The van der Waals surface area contributed by atoms with Gasteiger partial charge in [0.05, 0.1) is 10.6 Å². The number of allylic oxidation sites excluding steroid dienone is 1. The van der Waals surface area contributed by atoms with Gasteiger partial charge in [-0.2, -0.15) is 0 Å². The van der Waals surface area contributed by atoms with Gasteiger partial charge in [0.25, 0.3) is 0 Å². The van der Waals surface area contributed by atoms with Crippen molar-refractivity contribution in [3.63, 3.8) is 0 Å². The van der Waals surface area contributed by atoms with Crippen LogP contribution in [0.1, 0.15) is 22.9 Å². The Labute approximate surface area is 120 Å². The van der Waals surface area contributed by atoms with Gasteiger partial charge in [-0.15, -0.1) is 0 Å². The van der Waals surface area contributed by atoms with Crippen LogP contribution in [0.5, 0.6) is 5.88 Å². The number of aliphatic imine (C=N–C) groups is 1. The van der Waals surface area contributed by atoms with Crippen molar-refractivity contribution >= 4 is 34.9 Å². The van der Waals surface area contributed by atoms with Crippen LogP contribution < -0.4 is 4.87 Å². The Hall–Kier alpha value is -2.14. The molecule has 5 heteroatoms. The Morgan fingerprint density at radius 3 is 2.90 bits per heavy atom. The second kappa shape index (κ2) is 4.76. The molecule has 1 N–H and O–H groups in total. The molecule has 0 unspecified atom stereocenters. The van der Waals surface area contributed by atoms with Crippen molar-refractivity contribution in [3.8, 4) is 5.88 Å².